The van der Waals surface area contributed by atoms with Crippen LogP contribution in [0.15, 0.2) is 29.4 Å². The molecule has 5 nitrogen and oxygen atoms in total. The van der Waals surface area contributed by atoms with E-state index in [1.54, 1.807) is 6.21 Å². The summed E-state index contributed by atoms with van der Waals surface area (Å²) in [7, 11) is 1.95. The third-order valence-corrected chi connectivity index (χ3v) is 3.23. The van der Waals surface area contributed by atoms with Gasteiger partial charge in [-0.05, 0) is 30.5 Å². The van der Waals surface area contributed by atoms with E-state index in [1.165, 1.54) is 0 Å². The van der Waals surface area contributed by atoms with Gasteiger partial charge in [0.1, 0.15) is 0 Å². The summed E-state index contributed by atoms with van der Waals surface area (Å²) in [5, 5.41) is 12.5. The molecule has 1 amide bonds. The minimum Gasteiger partial charge on any atom is -0.374 e. The van der Waals surface area contributed by atoms with Crippen molar-refractivity contribution in [1.82, 2.24) is 5.43 Å². The summed E-state index contributed by atoms with van der Waals surface area (Å²) >= 11 is 0. The van der Waals surface area contributed by atoms with E-state index in [9.17, 15) is 4.79 Å². The highest BCUT2D eigenvalue weighted by Crippen LogP contribution is 2.28. The Labute approximate surface area is 118 Å². The summed E-state index contributed by atoms with van der Waals surface area (Å²) in [6.45, 7) is 0.710. The number of nitrogens with zero attached hydrogens (tertiary/aromatic N) is 3. The monoisotopic (exact) mass is 270 g/mol. The standard InChI is InChI=1S/C15H18N4O/c1-19(10-2-9-16)14-7-3-12(4-8-14)11-17-18-15(20)13-5-6-13/h3-4,7-8,11,13H,2,5-6,10H2,1H3,(H,18,20)/b17-11-. The molecule has 0 atom stereocenters. The van der Waals surface area contributed by atoms with E-state index in [2.05, 4.69) is 16.6 Å². The normalized spacial score (nSPS) is 14.0. The van der Waals surface area contributed by atoms with Crippen LogP contribution in [0.3, 0.4) is 0 Å². The van der Waals surface area contributed by atoms with Crippen molar-refractivity contribution in [2.75, 3.05) is 18.5 Å². The fourth-order valence-corrected chi connectivity index (χ4v) is 1.77. The molecule has 0 unspecified atom stereocenters. The highest BCUT2D eigenvalue weighted by atomic mass is 16.2. The maximum absolute atomic E-state index is 11.4. The van der Waals surface area contributed by atoms with Gasteiger partial charge in [0.2, 0.25) is 5.91 Å². The van der Waals surface area contributed by atoms with Crippen molar-refractivity contribution in [2.45, 2.75) is 19.3 Å². The topological polar surface area (TPSA) is 68.5 Å². The van der Waals surface area contributed by atoms with Gasteiger partial charge >= 0.3 is 0 Å². The van der Waals surface area contributed by atoms with Crippen LogP contribution in [-0.2, 0) is 4.79 Å². The number of carbonyl (C=O) groups excluding carboxylic acids is 1. The number of carbonyl (C=O) groups is 1. The zero-order valence-electron chi connectivity index (χ0n) is 11.5. The number of amides is 1. The molecule has 2 rings (SSSR count). The van der Waals surface area contributed by atoms with E-state index in [4.69, 9.17) is 5.26 Å². The number of rotatable bonds is 6. The fraction of sp³-hybridized carbons (Fsp3) is 0.400. The van der Waals surface area contributed by atoms with Crippen LogP contribution in [-0.4, -0.2) is 25.7 Å². The first kappa shape index (κ1) is 14.1. The SMILES string of the molecule is CN(CCC#N)c1ccc(/C=N\NC(=O)C2CC2)cc1. The second-order valence-corrected chi connectivity index (χ2v) is 4.93. The molecule has 1 N–H and O–H groups in total. The average molecular weight is 270 g/mol. The lowest BCUT2D eigenvalue weighted by Crippen LogP contribution is -2.19. The molecule has 0 heterocycles. The quantitative estimate of drug-likeness (QED) is 0.634. The zero-order valence-corrected chi connectivity index (χ0v) is 11.5. The van der Waals surface area contributed by atoms with Gasteiger partial charge in [0.25, 0.3) is 0 Å². The van der Waals surface area contributed by atoms with E-state index >= 15 is 0 Å². The van der Waals surface area contributed by atoms with Gasteiger partial charge < -0.3 is 4.90 Å². The van der Waals surface area contributed by atoms with Crippen LogP contribution in [0.25, 0.3) is 0 Å². The summed E-state index contributed by atoms with van der Waals surface area (Å²) in [6.07, 6.45) is 4.10. The predicted molar refractivity (Wildman–Crippen MR) is 78.4 cm³/mol. The van der Waals surface area contributed by atoms with Crippen LogP contribution in [0.2, 0.25) is 0 Å². The summed E-state index contributed by atoms with van der Waals surface area (Å²) in [5.74, 6) is 0.178. The highest BCUT2D eigenvalue weighted by molar-refractivity contribution is 5.84. The number of nitrogens with one attached hydrogen (secondary N) is 1. The summed E-state index contributed by atoms with van der Waals surface area (Å²) in [6, 6.07) is 9.95. The number of hydrazone groups is 1. The Hall–Kier alpha value is -2.35. The summed E-state index contributed by atoms with van der Waals surface area (Å²) < 4.78 is 0. The van der Waals surface area contributed by atoms with E-state index in [0.717, 1.165) is 24.1 Å². The minimum atomic E-state index is 0.00843. The molecular weight excluding hydrogens is 252 g/mol. The van der Waals surface area contributed by atoms with Crippen molar-refractivity contribution in [1.29, 1.82) is 5.26 Å². The van der Waals surface area contributed by atoms with E-state index in [1.807, 2.05) is 36.2 Å². The average Bonchev–Trinajstić information content (AvgIpc) is 3.30. The smallest absolute Gasteiger partial charge is 0.243 e. The molecule has 0 spiro atoms. The molecule has 20 heavy (non-hydrogen) atoms. The Bertz CT molecular complexity index is 526. The molecule has 1 fully saturated rings. The Morgan fingerprint density at radius 3 is 2.80 bits per heavy atom. The van der Waals surface area contributed by atoms with E-state index in [-0.39, 0.29) is 11.8 Å². The van der Waals surface area contributed by atoms with Crippen LogP contribution in [0.1, 0.15) is 24.8 Å². The first-order valence-corrected chi connectivity index (χ1v) is 6.72. The van der Waals surface area contributed by atoms with E-state index < -0.39 is 0 Å². The molecule has 1 aromatic rings. The number of nitriles is 1. The highest BCUT2D eigenvalue weighted by Gasteiger charge is 2.29. The van der Waals surface area contributed by atoms with Crippen LogP contribution >= 0.6 is 0 Å². The molecule has 0 bridgehead atoms. The lowest BCUT2D eigenvalue weighted by Gasteiger charge is -2.17. The molecule has 104 valence electrons. The van der Waals surface area contributed by atoms with Gasteiger partial charge in [0.05, 0.1) is 18.7 Å². The van der Waals surface area contributed by atoms with Gasteiger partial charge in [-0.1, -0.05) is 12.1 Å². The number of anilines is 1. The van der Waals surface area contributed by atoms with Crippen LogP contribution in [0.5, 0.6) is 0 Å². The lowest BCUT2D eigenvalue weighted by atomic mass is 10.2. The van der Waals surface area contributed by atoms with Gasteiger partial charge in [0, 0.05) is 25.2 Å². The van der Waals surface area contributed by atoms with Crippen molar-refractivity contribution < 1.29 is 4.79 Å². The maximum Gasteiger partial charge on any atom is 0.243 e. The molecule has 1 aliphatic carbocycles. The van der Waals surface area contributed by atoms with Crippen molar-refractivity contribution in [2.24, 2.45) is 11.0 Å². The van der Waals surface area contributed by atoms with Gasteiger partial charge in [-0.25, -0.2) is 5.43 Å². The largest absolute Gasteiger partial charge is 0.374 e. The van der Waals surface area contributed by atoms with Gasteiger partial charge in [-0.15, -0.1) is 0 Å². The first-order valence-electron chi connectivity index (χ1n) is 6.72. The van der Waals surface area contributed by atoms with Gasteiger partial charge in [-0.3, -0.25) is 4.79 Å². The lowest BCUT2D eigenvalue weighted by molar-refractivity contribution is -0.122. The van der Waals surface area contributed by atoms with Crippen molar-refractivity contribution >= 4 is 17.8 Å². The predicted octanol–water partition coefficient (Wildman–Crippen LogP) is 1.90. The van der Waals surface area contributed by atoms with Crippen molar-refractivity contribution in [3.05, 3.63) is 29.8 Å². The van der Waals surface area contributed by atoms with Crippen molar-refractivity contribution in [3.63, 3.8) is 0 Å². The molecule has 5 heteroatoms. The first-order chi connectivity index (χ1) is 9.70. The van der Waals surface area contributed by atoms with Crippen LogP contribution in [0.4, 0.5) is 5.69 Å². The second kappa shape index (κ2) is 6.71. The fourth-order valence-electron chi connectivity index (χ4n) is 1.77. The Morgan fingerprint density at radius 2 is 2.20 bits per heavy atom. The third kappa shape index (κ3) is 4.09. The van der Waals surface area contributed by atoms with Crippen molar-refractivity contribution in [3.8, 4) is 6.07 Å². The molecule has 1 aliphatic rings. The maximum atomic E-state index is 11.4. The number of hydrogen-bond acceptors (Lipinski definition) is 4. The molecule has 0 aliphatic heterocycles. The third-order valence-electron chi connectivity index (χ3n) is 3.23. The molecule has 1 aromatic carbocycles. The number of benzene rings is 1. The molecule has 0 radical (unpaired) electrons. The zero-order chi connectivity index (χ0) is 14.4. The number of hydrogen-bond donors (Lipinski definition) is 1. The van der Waals surface area contributed by atoms with Crippen LogP contribution in [0, 0.1) is 17.2 Å². The summed E-state index contributed by atoms with van der Waals surface area (Å²) in [4.78, 5) is 13.4. The molecule has 0 aromatic heterocycles. The molecule has 1 saturated carbocycles. The molecule has 0 saturated heterocycles. The van der Waals surface area contributed by atoms with Gasteiger partial charge in [-0.2, -0.15) is 10.4 Å². The Morgan fingerprint density at radius 1 is 1.50 bits per heavy atom. The van der Waals surface area contributed by atoms with Crippen LogP contribution < -0.4 is 10.3 Å². The van der Waals surface area contributed by atoms with Gasteiger partial charge in [0.15, 0.2) is 0 Å². The second-order valence-electron chi connectivity index (χ2n) is 4.93. The molecular formula is C15H18N4O. The minimum absolute atomic E-state index is 0.00843. The Kier molecular flexibility index (Phi) is 4.72. The van der Waals surface area contributed by atoms with E-state index in [0.29, 0.717) is 13.0 Å². The summed E-state index contributed by atoms with van der Waals surface area (Å²) in [5.41, 5.74) is 4.53. The Balaban J connectivity index is 1.85.